The summed E-state index contributed by atoms with van der Waals surface area (Å²) in [6.07, 6.45) is 2.54. The zero-order valence-electron chi connectivity index (χ0n) is 17.7. The molecule has 0 spiro atoms. The van der Waals surface area contributed by atoms with Crippen LogP contribution in [0.4, 0.5) is 5.69 Å². The van der Waals surface area contributed by atoms with E-state index in [1.165, 1.54) is 6.08 Å². The van der Waals surface area contributed by atoms with E-state index in [-0.39, 0.29) is 18.9 Å². The maximum Gasteiger partial charge on any atom is 0.233 e. The van der Waals surface area contributed by atoms with Gasteiger partial charge in [0.05, 0.1) is 7.11 Å². The van der Waals surface area contributed by atoms with Gasteiger partial charge in [0.25, 0.3) is 0 Å². The standard InChI is InChI=1S/C23H29N3O4S/c1-30-22-10-8-21(9-11-22)25-15-5-16-26(18-17-25)23(27)12-14-24-31(28,29)19-13-20-6-3-2-4-7-20/h2-4,6-11,13,19,24H,5,12,14-18H2,1H3/b19-13+. The first-order valence-corrected chi connectivity index (χ1v) is 11.9. The molecule has 8 heteroatoms. The van der Waals surface area contributed by atoms with Gasteiger partial charge < -0.3 is 14.5 Å². The Balaban J connectivity index is 1.45. The van der Waals surface area contributed by atoms with Crippen LogP contribution in [0.2, 0.25) is 0 Å². The highest BCUT2D eigenvalue weighted by Crippen LogP contribution is 2.20. The van der Waals surface area contributed by atoms with Crippen molar-refractivity contribution >= 4 is 27.7 Å². The van der Waals surface area contributed by atoms with Crippen LogP contribution >= 0.6 is 0 Å². The maximum absolute atomic E-state index is 12.6. The quantitative estimate of drug-likeness (QED) is 0.679. The molecule has 1 saturated heterocycles. The Labute approximate surface area is 184 Å². The molecule has 1 fully saturated rings. The third-order valence-corrected chi connectivity index (χ3v) is 6.27. The van der Waals surface area contributed by atoms with Crippen molar-refractivity contribution in [1.82, 2.24) is 9.62 Å². The second-order valence-electron chi connectivity index (χ2n) is 7.32. The van der Waals surface area contributed by atoms with Crippen molar-refractivity contribution in [2.45, 2.75) is 12.8 Å². The van der Waals surface area contributed by atoms with Gasteiger partial charge in [-0.15, -0.1) is 0 Å². The number of benzene rings is 2. The van der Waals surface area contributed by atoms with Gasteiger partial charge in [-0.3, -0.25) is 4.79 Å². The smallest absolute Gasteiger partial charge is 0.233 e. The third-order valence-electron chi connectivity index (χ3n) is 5.17. The summed E-state index contributed by atoms with van der Waals surface area (Å²) in [5, 5.41) is 1.13. The number of carbonyl (C=O) groups is 1. The van der Waals surface area contributed by atoms with Crippen LogP contribution in [0.15, 0.2) is 60.0 Å². The summed E-state index contributed by atoms with van der Waals surface area (Å²) in [5.41, 5.74) is 1.91. The number of amides is 1. The van der Waals surface area contributed by atoms with E-state index in [1.807, 2.05) is 59.5 Å². The molecule has 0 aliphatic carbocycles. The molecule has 0 saturated carbocycles. The van der Waals surface area contributed by atoms with Crippen molar-refractivity contribution in [3.63, 3.8) is 0 Å². The number of nitrogens with zero attached hydrogens (tertiary/aromatic N) is 2. The summed E-state index contributed by atoms with van der Waals surface area (Å²) in [4.78, 5) is 16.7. The molecular formula is C23H29N3O4S. The van der Waals surface area contributed by atoms with Crippen LogP contribution in [0.3, 0.4) is 0 Å². The molecule has 0 unspecified atom stereocenters. The van der Waals surface area contributed by atoms with E-state index >= 15 is 0 Å². The number of methoxy groups -OCH3 is 1. The summed E-state index contributed by atoms with van der Waals surface area (Å²) in [6, 6.07) is 17.1. The van der Waals surface area contributed by atoms with Crippen molar-refractivity contribution in [3.05, 3.63) is 65.6 Å². The highest BCUT2D eigenvalue weighted by atomic mass is 32.2. The van der Waals surface area contributed by atoms with Crippen molar-refractivity contribution in [3.8, 4) is 5.75 Å². The minimum Gasteiger partial charge on any atom is -0.497 e. The number of sulfonamides is 1. The summed E-state index contributed by atoms with van der Waals surface area (Å²) < 4.78 is 31.9. The molecule has 1 heterocycles. The first-order chi connectivity index (χ1) is 15.0. The van der Waals surface area contributed by atoms with E-state index in [9.17, 15) is 13.2 Å². The van der Waals surface area contributed by atoms with Crippen molar-refractivity contribution in [2.24, 2.45) is 0 Å². The minimum absolute atomic E-state index is 0.0358. The maximum atomic E-state index is 12.6. The molecule has 7 nitrogen and oxygen atoms in total. The Hall–Kier alpha value is -2.84. The van der Waals surface area contributed by atoms with Gasteiger partial charge in [-0.25, -0.2) is 13.1 Å². The Morgan fingerprint density at radius 2 is 1.77 bits per heavy atom. The van der Waals surface area contributed by atoms with Gasteiger partial charge in [0.1, 0.15) is 5.75 Å². The molecule has 1 aliphatic heterocycles. The lowest BCUT2D eigenvalue weighted by molar-refractivity contribution is -0.130. The van der Waals surface area contributed by atoms with Crippen molar-refractivity contribution < 1.29 is 17.9 Å². The van der Waals surface area contributed by atoms with Crippen LogP contribution in [-0.4, -0.2) is 59.1 Å². The normalized spacial score (nSPS) is 15.1. The van der Waals surface area contributed by atoms with E-state index in [0.717, 1.165) is 41.9 Å². The summed E-state index contributed by atoms with van der Waals surface area (Å²) in [7, 11) is -1.94. The van der Waals surface area contributed by atoms with Crippen LogP contribution in [0.5, 0.6) is 5.75 Å². The number of nitrogens with one attached hydrogen (secondary N) is 1. The molecule has 1 amide bonds. The zero-order valence-corrected chi connectivity index (χ0v) is 18.6. The number of anilines is 1. The van der Waals surface area contributed by atoms with Crippen molar-refractivity contribution in [2.75, 3.05) is 44.7 Å². The van der Waals surface area contributed by atoms with E-state index in [0.29, 0.717) is 13.1 Å². The first-order valence-electron chi connectivity index (χ1n) is 10.4. The topological polar surface area (TPSA) is 79.0 Å². The van der Waals surface area contributed by atoms with Crippen molar-refractivity contribution in [1.29, 1.82) is 0 Å². The Morgan fingerprint density at radius 1 is 1.03 bits per heavy atom. The fourth-order valence-electron chi connectivity index (χ4n) is 3.46. The van der Waals surface area contributed by atoms with Crippen LogP contribution in [0.1, 0.15) is 18.4 Å². The predicted octanol–water partition coefficient (Wildman–Crippen LogP) is 2.71. The number of rotatable bonds is 8. The third kappa shape index (κ3) is 7.11. The highest BCUT2D eigenvalue weighted by Gasteiger charge is 2.19. The zero-order chi connectivity index (χ0) is 22.1. The molecule has 0 bridgehead atoms. The minimum atomic E-state index is -3.58. The van der Waals surface area contributed by atoms with Gasteiger partial charge in [-0.2, -0.15) is 0 Å². The molecule has 2 aromatic rings. The van der Waals surface area contributed by atoms with Gasteiger partial charge in [0.15, 0.2) is 0 Å². The largest absolute Gasteiger partial charge is 0.497 e. The average Bonchev–Trinajstić information content (AvgIpc) is 3.05. The summed E-state index contributed by atoms with van der Waals surface area (Å²) >= 11 is 0. The predicted molar refractivity (Wildman–Crippen MR) is 123 cm³/mol. The Kier molecular flexibility index (Phi) is 8.08. The summed E-state index contributed by atoms with van der Waals surface area (Å²) in [5.74, 6) is 0.780. The average molecular weight is 444 g/mol. The fourth-order valence-corrected chi connectivity index (χ4v) is 4.28. The molecule has 0 aromatic heterocycles. The van der Waals surface area contributed by atoms with Gasteiger partial charge in [-0.05, 0) is 42.3 Å². The lowest BCUT2D eigenvalue weighted by atomic mass is 10.2. The molecule has 3 rings (SSSR count). The molecular weight excluding hydrogens is 414 g/mol. The van der Waals surface area contributed by atoms with Gasteiger partial charge in [-0.1, -0.05) is 30.3 Å². The van der Waals surface area contributed by atoms with E-state index in [1.54, 1.807) is 7.11 Å². The molecule has 166 valence electrons. The lowest BCUT2D eigenvalue weighted by Crippen LogP contribution is -2.37. The second kappa shape index (κ2) is 11.0. The monoisotopic (exact) mass is 443 g/mol. The van der Waals surface area contributed by atoms with Crippen LogP contribution in [-0.2, 0) is 14.8 Å². The van der Waals surface area contributed by atoms with Crippen LogP contribution < -0.4 is 14.4 Å². The van der Waals surface area contributed by atoms with E-state index in [4.69, 9.17) is 4.74 Å². The SMILES string of the molecule is COc1ccc(N2CCCN(C(=O)CCNS(=O)(=O)/C=C/c3ccccc3)CC2)cc1. The number of ether oxygens (including phenoxy) is 1. The molecule has 0 atom stereocenters. The van der Waals surface area contributed by atoms with Crippen LogP contribution in [0.25, 0.3) is 6.08 Å². The van der Waals surface area contributed by atoms with Gasteiger partial charge in [0.2, 0.25) is 15.9 Å². The summed E-state index contributed by atoms with van der Waals surface area (Å²) in [6.45, 7) is 2.98. The van der Waals surface area contributed by atoms with E-state index in [2.05, 4.69) is 9.62 Å². The Morgan fingerprint density at radius 3 is 2.48 bits per heavy atom. The first kappa shape index (κ1) is 22.8. The molecule has 1 N–H and O–H groups in total. The molecule has 0 radical (unpaired) electrons. The van der Waals surface area contributed by atoms with Gasteiger partial charge in [0, 0.05) is 50.2 Å². The Bertz CT molecular complexity index is 976. The van der Waals surface area contributed by atoms with Crippen LogP contribution in [0, 0.1) is 0 Å². The number of carbonyl (C=O) groups excluding carboxylic acids is 1. The molecule has 31 heavy (non-hydrogen) atoms. The second-order valence-corrected chi connectivity index (χ2v) is 8.97. The van der Waals surface area contributed by atoms with E-state index < -0.39 is 10.0 Å². The highest BCUT2D eigenvalue weighted by molar-refractivity contribution is 7.92. The number of hydrogen-bond acceptors (Lipinski definition) is 5. The number of hydrogen-bond donors (Lipinski definition) is 1. The van der Waals surface area contributed by atoms with Gasteiger partial charge >= 0.3 is 0 Å². The lowest BCUT2D eigenvalue weighted by Gasteiger charge is -2.24. The molecule has 1 aliphatic rings. The molecule has 2 aromatic carbocycles. The fraction of sp³-hybridized carbons (Fsp3) is 0.348.